The largest absolute Gasteiger partial charge is 0.383 e. The van der Waals surface area contributed by atoms with Crippen molar-refractivity contribution in [3.63, 3.8) is 0 Å². The lowest BCUT2D eigenvalue weighted by atomic mass is 10.2. The molecule has 1 fully saturated rings. The molecule has 3 rings (SSSR count). The van der Waals surface area contributed by atoms with Gasteiger partial charge in [0.25, 0.3) is 0 Å². The molecular formula is C16H23N3O4S. The summed E-state index contributed by atoms with van der Waals surface area (Å²) in [5.41, 5.74) is 1.08. The molecule has 1 aliphatic heterocycles. The first-order chi connectivity index (χ1) is 11.5. The summed E-state index contributed by atoms with van der Waals surface area (Å²) in [4.78, 5) is 2.25. The number of benzene rings is 1. The van der Waals surface area contributed by atoms with Crippen LogP contribution in [0.25, 0.3) is 11.0 Å². The number of rotatable bonds is 6. The lowest BCUT2D eigenvalue weighted by molar-refractivity contribution is 0.0877. The monoisotopic (exact) mass is 353 g/mol. The molecule has 1 aromatic heterocycles. The van der Waals surface area contributed by atoms with Crippen LogP contribution < -0.4 is 0 Å². The van der Waals surface area contributed by atoms with Gasteiger partial charge in [-0.1, -0.05) is 17.3 Å². The summed E-state index contributed by atoms with van der Waals surface area (Å²) in [5.74, 6) is -0.130. The molecule has 0 bridgehead atoms. The van der Waals surface area contributed by atoms with E-state index in [4.69, 9.17) is 9.26 Å². The molecule has 0 spiro atoms. The molecule has 0 radical (unpaired) electrons. The van der Waals surface area contributed by atoms with Crippen LogP contribution in [0.4, 0.5) is 0 Å². The molecule has 2 heterocycles. The van der Waals surface area contributed by atoms with Crippen molar-refractivity contribution >= 4 is 21.0 Å². The number of nitrogens with zero attached hydrogens (tertiary/aromatic N) is 3. The van der Waals surface area contributed by atoms with Gasteiger partial charge in [0, 0.05) is 44.7 Å². The maximum absolute atomic E-state index is 12.8. The van der Waals surface area contributed by atoms with Gasteiger partial charge in [0.05, 0.1) is 6.61 Å². The smallest absolute Gasteiger partial charge is 0.220 e. The van der Waals surface area contributed by atoms with E-state index in [1.807, 2.05) is 25.1 Å². The third-order valence-corrected chi connectivity index (χ3v) is 6.23. The van der Waals surface area contributed by atoms with E-state index in [-0.39, 0.29) is 11.8 Å². The minimum absolute atomic E-state index is 0.130. The maximum Gasteiger partial charge on any atom is 0.220 e. The van der Waals surface area contributed by atoms with Crippen molar-refractivity contribution in [2.45, 2.75) is 18.7 Å². The molecule has 24 heavy (non-hydrogen) atoms. The van der Waals surface area contributed by atoms with Crippen LogP contribution in [0.3, 0.4) is 0 Å². The first-order valence-electron chi connectivity index (χ1n) is 8.05. The molecule has 0 N–H and O–H groups in total. The van der Waals surface area contributed by atoms with Crippen molar-refractivity contribution in [1.82, 2.24) is 14.4 Å². The van der Waals surface area contributed by atoms with Crippen LogP contribution in [0, 0.1) is 0 Å². The predicted octanol–water partition coefficient (Wildman–Crippen LogP) is 1.31. The van der Waals surface area contributed by atoms with Crippen LogP contribution in [0.1, 0.15) is 12.6 Å². The zero-order valence-electron chi connectivity index (χ0n) is 14.0. The second kappa shape index (κ2) is 7.18. The van der Waals surface area contributed by atoms with Gasteiger partial charge < -0.3 is 9.26 Å². The molecule has 1 atom stereocenters. The molecule has 8 heteroatoms. The summed E-state index contributed by atoms with van der Waals surface area (Å²) < 4.78 is 37.4. The number of sulfonamides is 1. The van der Waals surface area contributed by atoms with Gasteiger partial charge in [0.15, 0.2) is 5.58 Å². The molecule has 1 aromatic carbocycles. The summed E-state index contributed by atoms with van der Waals surface area (Å²) in [5, 5.41) is 4.70. The molecule has 7 nitrogen and oxygen atoms in total. The number of hydrogen-bond acceptors (Lipinski definition) is 6. The lowest BCUT2D eigenvalue weighted by Gasteiger charge is -2.38. The Kier molecular flexibility index (Phi) is 5.19. The number of ether oxygens (including phenoxy) is 1. The number of methoxy groups -OCH3 is 1. The number of hydrogen-bond donors (Lipinski definition) is 0. The molecular weight excluding hydrogens is 330 g/mol. The quantitative estimate of drug-likeness (QED) is 0.779. The molecule has 1 unspecified atom stereocenters. The average molecular weight is 353 g/mol. The van der Waals surface area contributed by atoms with E-state index in [2.05, 4.69) is 10.1 Å². The minimum atomic E-state index is -3.42. The molecule has 1 saturated heterocycles. The summed E-state index contributed by atoms with van der Waals surface area (Å²) in [6, 6.07) is 7.48. The van der Waals surface area contributed by atoms with E-state index in [1.54, 1.807) is 17.5 Å². The minimum Gasteiger partial charge on any atom is -0.383 e. The second-order valence-electron chi connectivity index (χ2n) is 6.12. The van der Waals surface area contributed by atoms with Gasteiger partial charge in [-0.25, -0.2) is 8.42 Å². The van der Waals surface area contributed by atoms with Gasteiger partial charge in [-0.15, -0.1) is 0 Å². The van der Waals surface area contributed by atoms with Crippen LogP contribution >= 0.6 is 0 Å². The van der Waals surface area contributed by atoms with E-state index in [1.165, 1.54) is 0 Å². The van der Waals surface area contributed by atoms with Gasteiger partial charge in [0.1, 0.15) is 11.4 Å². The van der Waals surface area contributed by atoms with Crippen molar-refractivity contribution in [3.8, 4) is 0 Å². The second-order valence-corrected chi connectivity index (χ2v) is 8.09. The average Bonchev–Trinajstić information content (AvgIpc) is 2.96. The highest BCUT2D eigenvalue weighted by Gasteiger charge is 2.32. The number of piperazine rings is 1. The van der Waals surface area contributed by atoms with Gasteiger partial charge in [-0.05, 0) is 19.1 Å². The van der Waals surface area contributed by atoms with Crippen molar-refractivity contribution in [3.05, 3.63) is 30.0 Å². The number of para-hydroxylation sites is 1. The molecule has 2 aromatic rings. The highest BCUT2D eigenvalue weighted by molar-refractivity contribution is 7.88. The fourth-order valence-corrected chi connectivity index (χ4v) is 4.60. The highest BCUT2D eigenvalue weighted by Crippen LogP contribution is 2.22. The number of fused-ring (bicyclic) bond motifs is 1. The zero-order valence-corrected chi connectivity index (χ0v) is 14.8. The van der Waals surface area contributed by atoms with Crippen molar-refractivity contribution in [1.29, 1.82) is 0 Å². The fraction of sp³-hybridized carbons (Fsp3) is 0.562. The lowest BCUT2D eigenvalue weighted by Crippen LogP contribution is -2.54. The van der Waals surface area contributed by atoms with Crippen LogP contribution in [-0.4, -0.2) is 68.7 Å². The van der Waals surface area contributed by atoms with Crippen LogP contribution in [0.2, 0.25) is 0 Å². The summed E-state index contributed by atoms with van der Waals surface area (Å²) >= 11 is 0. The molecule has 0 amide bonds. The standard InChI is InChI=1S/C16H23N3O4S/c1-13-11-19(8-7-18(13)9-10-22-2)24(20,21)12-15-14-5-3-4-6-16(14)23-17-15/h3-6,13H,7-12H2,1-2H3. The Labute approximate surface area is 142 Å². The number of aromatic nitrogens is 1. The van der Waals surface area contributed by atoms with E-state index in [0.29, 0.717) is 37.5 Å². The Morgan fingerprint density at radius 3 is 2.88 bits per heavy atom. The summed E-state index contributed by atoms with van der Waals surface area (Å²) in [6.07, 6.45) is 0. The molecule has 1 aliphatic rings. The third-order valence-electron chi connectivity index (χ3n) is 4.48. The molecule has 132 valence electrons. The van der Waals surface area contributed by atoms with Crippen LogP contribution in [0.15, 0.2) is 28.8 Å². The third kappa shape index (κ3) is 3.61. The highest BCUT2D eigenvalue weighted by atomic mass is 32.2. The topological polar surface area (TPSA) is 75.9 Å². The summed E-state index contributed by atoms with van der Waals surface area (Å²) in [6.45, 7) is 5.21. The van der Waals surface area contributed by atoms with Crippen LogP contribution in [-0.2, 0) is 20.5 Å². The van der Waals surface area contributed by atoms with E-state index in [0.717, 1.165) is 11.9 Å². The van der Waals surface area contributed by atoms with E-state index in [9.17, 15) is 8.42 Å². The predicted molar refractivity (Wildman–Crippen MR) is 91.1 cm³/mol. The van der Waals surface area contributed by atoms with E-state index >= 15 is 0 Å². The maximum atomic E-state index is 12.8. The van der Waals surface area contributed by atoms with Crippen molar-refractivity contribution in [2.75, 3.05) is 39.9 Å². The van der Waals surface area contributed by atoms with Gasteiger partial charge in [-0.3, -0.25) is 4.90 Å². The first kappa shape index (κ1) is 17.3. The van der Waals surface area contributed by atoms with Crippen molar-refractivity contribution < 1.29 is 17.7 Å². The fourth-order valence-electron chi connectivity index (χ4n) is 3.06. The van der Waals surface area contributed by atoms with Gasteiger partial charge in [-0.2, -0.15) is 4.31 Å². The van der Waals surface area contributed by atoms with E-state index < -0.39 is 10.0 Å². The van der Waals surface area contributed by atoms with Crippen molar-refractivity contribution in [2.24, 2.45) is 0 Å². The molecule has 0 aliphatic carbocycles. The zero-order chi connectivity index (χ0) is 17.2. The summed E-state index contributed by atoms with van der Waals surface area (Å²) in [7, 11) is -1.75. The first-order valence-corrected chi connectivity index (χ1v) is 9.66. The normalized spacial score (nSPS) is 20.7. The Balaban J connectivity index is 1.70. The Bertz CT molecular complexity index is 789. The van der Waals surface area contributed by atoms with Gasteiger partial charge in [0.2, 0.25) is 10.0 Å². The SMILES string of the molecule is COCCN1CCN(S(=O)(=O)Cc2noc3ccccc23)CC1C. The van der Waals surface area contributed by atoms with Gasteiger partial charge >= 0.3 is 0 Å². The Morgan fingerprint density at radius 2 is 2.12 bits per heavy atom. The Hall–Kier alpha value is -1.48. The Morgan fingerprint density at radius 1 is 1.33 bits per heavy atom. The van der Waals surface area contributed by atoms with Crippen LogP contribution in [0.5, 0.6) is 0 Å². The molecule has 0 saturated carbocycles.